The van der Waals surface area contributed by atoms with Gasteiger partial charge in [-0.25, -0.2) is 22.0 Å². The van der Waals surface area contributed by atoms with Crippen LogP contribution in [0.3, 0.4) is 0 Å². The number of halogens is 3. The van der Waals surface area contributed by atoms with Gasteiger partial charge in [-0.05, 0) is 46.3 Å². The maximum absolute atomic E-state index is 13.6. The zero-order valence-corrected chi connectivity index (χ0v) is 14.0. The van der Waals surface area contributed by atoms with Crippen molar-refractivity contribution in [2.45, 2.75) is 4.90 Å². The Morgan fingerprint density at radius 2 is 1.87 bits per heavy atom. The highest BCUT2D eigenvalue weighted by atomic mass is 79.9. The summed E-state index contributed by atoms with van der Waals surface area (Å²) in [6.45, 7) is 0. The SMILES string of the molecule is COC(=O)c1cc(S(=O)(=O)Nc2ccc(F)cc2F)ccc1Br. The van der Waals surface area contributed by atoms with Gasteiger partial charge in [0.2, 0.25) is 0 Å². The molecule has 0 aromatic heterocycles. The average molecular weight is 406 g/mol. The number of carbonyl (C=O) groups excluding carboxylic acids is 1. The second-order valence-corrected chi connectivity index (χ2v) is 6.90. The van der Waals surface area contributed by atoms with Crippen molar-refractivity contribution < 1.29 is 26.7 Å². The van der Waals surface area contributed by atoms with Gasteiger partial charge >= 0.3 is 5.97 Å². The van der Waals surface area contributed by atoms with Crippen LogP contribution in [0.5, 0.6) is 0 Å². The molecule has 0 unspecified atom stereocenters. The van der Waals surface area contributed by atoms with Gasteiger partial charge in [0, 0.05) is 10.5 Å². The number of benzene rings is 2. The summed E-state index contributed by atoms with van der Waals surface area (Å²) in [7, 11) is -3.02. The first-order valence-electron chi connectivity index (χ1n) is 6.10. The third-order valence-corrected chi connectivity index (χ3v) is 4.88. The first kappa shape index (κ1) is 17.4. The topological polar surface area (TPSA) is 72.5 Å². The Labute approximate surface area is 139 Å². The third kappa shape index (κ3) is 3.85. The molecule has 0 atom stereocenters. The molecule has 0 aliphatic carbocycles. The summed E-state index contributed by atoms with van der Waals surface area (Å²) < 4.78 is 57.9. The summed E-state index contributed by atoms with van der Waals surface area (Å²) in [6.07, 6.45) is 0. The summed E-state index contributed by atoms with van der Waals surface area (Å²) >= 11 is 3.11. The van der Waals surface area contributed by atoms with Gasteiger partial charge in [-0.15, -0.1) is 0 Å². The number of hydrogen-bond donors (Lipinski definition) is 1. The van der Waals surface area contributed by atoms with Gasteiger partial charge in [-0.1, -0.05) is 0 Å². The van der Waals surface area contributed by atoms with E-state index in [0.717, 1.165) is 25.3 Å². The maximum atomic E-state index is 13.6. The quantitative estimate of drug-likeness (QED) is 0.791. The Hall–Kier alpha value is -2.00. The monoisotopic (exact) mass is 405 g/mol. The van der Waals surface area contributed by atoms with Crippen molar-refractivity contribution in [1.82, 2.24) is 0 Å². The smallest absolute Gasteiger partial charge is 0.339 e. The second kappa shape index (κ2) is 6.63. The predicted octanol–water partition coefficient (Wildman–Crippen LogP) is 3.31. The lowest BCUT2D eigenvalue weighted by atomic mass is 10.2. The zero-order chi connectivity index (χ0) is 17.2. The Balaban J connectivity index is 2.42. The van der Waals surface area contributed by atoms with Crippen LogP contribution in [0.2, 0.25) is 0 Å². The fraction of sp³-hybridized carbons (Fsp3) is 0.0714. The number of ether oxygens (including phenoxy) is 1. The van der Waals surface area contributed by atoms with Crippen molar-refractivity contribution in [3.05, 3.63) is 58.1 Å². The van der Waals surface area contributed by atoms with Crippen molar-refractivity contribution in [3.63, 3.8) is 0 Å². The van der Waals surface area contributed by atoms with Crippen LogP contribution in [0.1, 0.15) is 10.4 Å². The van der Waals surface area contributed by atoms with Crippen molar-refractivity contribution in [1.29, 1.82) is 0 Å². The van der Waals surface area contributed by atoms with E-state index in [0.29, 0.717) is 10.5 Å². The maximum Gasteiger partial charge on any atom is 0.339 e. The number of esters is 1. The summed E-state index contributed by atoms with van der Waals surface area (Å²) in [5, 5.41) is 0. The number of methoxy groups -OCH3 is 1. The lowest BCUT2D eigenvalue weighted by molar-refractivity contribution is 0.0599. The van der Waals surface area contributed by atoms with E-state index in [2.05, 4.69) is 20.7 Å². The summed E-state index contributed by atoms with van der Waals surface area (Å²) in [6, 6.07) is 6.09. The Kier molecular flexibility index (Phi) is 5.00. The fourth-order valence-corrected chi connectivity index (χ4v) is 3.22. The number of carbonyl (C=O) groups is 1. The number of nitrogens with one attached hydrogen (secondary N) is 1. The van der Waals surface area contributed by atoms with E-state index in [1.807, 2.05) is 4.72 Å². The standard InChI is InChI=1S/C14H10BrF2NO4S/c1-22-14(19)10-7-9(3-4-11(10)15)23(20,21)18-13-5-2-8(16)6-12(13)17/h2-7,18H,1H3. The molecular formula is C14H10BrF2NO4S. The second-order valence-electron chi connectivity index (χ2n) is 4.36. The van der Waals surface area contributed by atoms with Crippen LogP contribution in [0, 0.1) is 11.6 Å². The normalized spacial score (nSPS) is 11.1. The summed E-state index contributed by atoms with van der Waals surface area (Å²) in [4.78, 5) is 11.3. The van der Waals surface area contributed by atoms with Gasteiger partial charge in [-0.2, -0.15) is 0 Å². The van der Waals surface area contributed by atoms with E-state index >= 15 is 0 Å². The van der Waals surface area contributed by atoms with Gasteiger partial charge in [0.25, 0.3) is 10.0 Å². The molecule has 0 radical (unpaired) electrons. The molecule has 0 aliphatic heterocycles. The molecule has 23 heavy (non-hydrogen) atoms. The van der Waals surface area contributed by atoms with Crippen LogP contribution in [0.4, 0.5) is 14.5 Å². The molecule has 122 valence electrons. The molecule has 0 heterocycles. The minimum Gasteiger partial charge on any atom is -0.465 e. The number of hydrogen-bond acceptors (Lipinski definition) is 4. The van der Waals surface area contributed by atoms with Crippen LogP contribution in [0.15, 0.2) is 45.8 Å². The molecule has 0 bridgehead atoms. The predicted molar refractivity (Wildman–Crippen MR) is 82.6 cm³/mol. The molecule has 0 saturated carbocycles. The first-order chi connectivity index (χ1) is 10.7. The van der Waals surface area contributed by atoms with Crippen LogP contribution < -0.4 is 4.72 Å². The molecule has 5 nitrogen and oxygen atoms in total. The molecule has 0 spiro atoms. The number of sulfonamides is 1. The molecule has 0 amide bonds. The summed E-state index contributed by atoms with van der Waals surface area (Å²) in [5.74, 6) is -2.62. The van der Waals surface area contributed by atoms with Crippen molar-refractivity contribution in [2.24, 2.45) is 0 Å². The molecule has 2 aromatic rings. The van der Waals surface area contributed by atoms with E-state index in [1.54, 1.807) is 0 Å². The first-order valence-corrected chi connectivity index (χ1v) is 8.38. The highest BCUT2D eigenvalue weighted by Crippen LogP contribution is 2.24. The zero-order valence-electron chi connectivity index (χ0n) is 11.6. The lowest BCUT2D eigenvalue weighted by Crippen LogP contribution is -2.15. The fourth-order valence-electron chi connectivity index (χ4n) is 1.71. The van der Waals surface area contributed by atoms with Crippen molar-refractivity contribution in [2.75, 3.05) is 11.8 Å². The summed E-state index contributed by atoms with van der Waals surface area (Å²) in [5.41, 5.74) is -0.413. The van der Waals surface area contributed by atoms with E-state index in [9.17, 15) is 22.0 Å². The molecule has 9 heteroatoms. The van der Waals surface area contributed by atoms with E-state index < -0.39 is 33.3 Å². The van der Waals surface area contributed by atoms with Crippen LogP contribution in [-0.2, 0) is 14.8 Å². The van der Waals surface area contributed by atoms with Gasteiger partial charge in [0.1, 0.15) is 11.6 Å². The van der Waals surface area contributed by atoms with Crippen LogP contribution >= 0.6 is 15.9 Å². The van der Waals surface area contributed by atoms with Gasteiger partial charge in [0.05, 0.1) is 23.3 Å². The minimum atomic E-state index is -4.17. The molecular weight excluding hydrogens is 396 g/mol. The number of anilines is 1. The van der Waals surface area contributed by atoms with Crippen LogP contribution in [-0.4, -0.2) is 21.5 Å². The van der Waals surface area contributed by atoms with E-state index in [4.69, 9.17) is 0 Å². The van der Waals surface area contributed by atoms with Crippen molar-refractivity contribution in [3.8, 4) is 0 Å². The largest absolute Gasteiger partial charge is 0.465 e. The van der Waals surface area contributed by atoms with Gasteiger partial charge in [0.15, 0.2) is 0 Å². The molecule has 2 rings (SSSR count). The molecule has 0 saturated heterocycles. The Morgan fingerprint density at radius 1 is 1.17 bits per heavy atom. The van der Waals surface area contributed by atoms with E-state index in [-0.39, 0.29) is 10.5 Å². The highest BCUT2D eigenvalue weighted by Gasteiger charge is 2.20. The minimum absolute atomic E-state index is 0.00467. The van der Waals surface area contributed by atoms with Gasteiger partial charge in [-0.3, -0.25) is 4.72 Å². The molecule has 2 aromatic carbocycles. The Bertz CT molecular complexity index is 871. The van der Waals surface area contributed by atoms with Crippen molar-refractivity contribution >= 4 is 37.6 Å². The molecule has 0 fully saturated rings. The van der Waals surface area contributed by atoms with Gasteiger partial charge < -0.3 is 4.74 Å². The lowest BCUT2D eigenvalue weighted by Gasteiger charge is -2.10. The van der Waals surface area contributed by atoms with E-state index in [1.165, 1.54) is 12.1 Å². The third-order valence-electron chi connectivity index (χ3n) is 2.83. The molecule has 0 aliphatic rings. The average Bonchev–Trinajstić information content (AvgIpc) is 2.49. The highest BCUT2D eigenvalue weighted by molar-refractivity contribution is 9.10. The Morgan fingerprint density at radius 3 is 2.48 bits per heavy atom. The van der Waals surface area contributed by atoms with Crippen LogP contribution in [0.25, 0.3) is 0 Å². The number of rotatable bonds is 4. The molecule has 1 N–H and O–H groups in total.